The smallest absolute Gasteiger partial charge is 0.266 e. The molecule has 0 unspecified atom stereocenters. The van der Waals surface area contributed by atoms with Gasteiger partial charge in [-0.3, -0.25) is 9.35 Å². The van der Waals surface area contributed by atoms with E-state index in [9.17, 15) is 13.2 Å². The fourth-order valence-electron chi connectivity index (χ4n) is 0.984. The third kappa shape index (κ3) is 3.11. The van der Waals surface area contributed by atoms with E-state index in [1.54, 1.807) is 6.92 Å². The van der Waals surface area contributed by atoms with Crippen molar-refractivity contribution in [2.45, 2.75) is 13.3 Å². The summed E-state index contributed by atoms with van der Waals surface area (Å²) in [6.45, 7) is 1.60. The predicted octanol–water partition coefficient (Wildman–Crippen LogP) is -0.518. The molecule has 1 aliphatic heterocycles. The Hall–Kier alpha value is -0.950. The van der Waals surface area contributed by atoms with Crippen molar-refractivity contribution < 1.29 is 17.8 Å². The molecule has 74 valence electrons. The van der Waals surface area contributed by atoms with E-state index in [1.807, 2.05) is 0 Å². The minimum atomic E-state index is -4.02. The number of carbonyl (C=O) groups excluding carboxylic acids is 1. The Morgan fingerprint density at radius 3 is 2.62 bits per heavy atom. The Morgan fingerprint density at radius 2 is 2.23 bits per heavy atom. The van der Waals surface area contributed by atoms with Crippen LogP contribution in [0.5, 0.6) is 0 Å². The van der Waals surface area contributed by atoms with Gasteiger partial charge in [-0.05, 0) is 6.92 Å². The summed E-state index contributed by atoms with van der Waals surface area (Å²) in [6.07, 6.45) is 0.228. The Bertz CT molecular complexity index is 346. The van der Waals surface area contributed by atoms with Gasteiger partial charge in [-0.2, -0.15) is 13.5 Å². The maximum absolute atomic E-state index is 11.0. The van der Waals surface area contributed by atoms with Crippen LogP contribution in [-0.4, -0.2) is 41.9 Å². The van der Waals surface area contributed by atoms with Crippen molar-refractivity contribution in [1.29, 1.82) is 0 Å². The highest BCUT2D eigenvalue weighted by Gasteiger charge is 2.22. The fraction of sp³-hybridized carbons (Fsp3) is 0.667. The largest absolute Gasteiger partial charge is 0.285 e. The van der Waals surface area contributed by atoms with Crippen LogP contribution in [0.2, 0.25) is 0 Å². The highest BCUT2D eigenvalue weighted by atomic mass is 32.2. The fourth-order valence-corrected chi connectivity index (χ4v) is 1.39. The van der Waals surface area contributed by atoms with Crippen LogP contribution >= 0.6 is 0 Å². The van der Waals surface area contributed by atoms with Gasteiger partial charge in [0.1, 0.15) is 0 Å². The van der Waals surface area contributed by atoms with Gasteiger partial charge in [-0.15, -0.1) is 0 Å². The lowest BCUT2D eigenvalue weighted by atomic mass is 10.3. The van der Waals surface area contributed by atoms with E-state index >= 15 is 0 Å². The first-order valence-corrected chi connectivity index (χ1v) is 5.29. The van der Waals surface area contributed by atoms with Gasteiger partial charge < -0.3 is 0 Å². The minimum absolute atomic E-state index is 0.0883. The molecule has 1 N–H and O–H groups in total. The number of carbonyl (C=O) groups is 1. The molecule has 0 radical (unpaired) electrons. The maximum Gasteiger partial charge on any atom is 0.266 e. The van der Waals surface area contributed by atoms with Crippen LogP contribution in [0.3, 0.4) is 0 Å². The molecule has 0 spiro atoms. The van der Waals surface area contributed by atoms with E-state index < -0.39 is 15.9 Å². The molecule has 1 aliphatic rings. The molecule has 6 nitrogen and oxygen atoms in total. The lowest BCUT2D eigenvalue weighted by Gasteiger charge is -2.09. The van der Waals surface area contributed by atoms with Gasteiger partial charge in [0.25, 0.3) is 10.1 Å². The van der Waals surface area contributed by atoms with Crippen LogP contribution in [0.15, 0.2) is 5.10 Å². The summed E-state index contributed by atoms with van der Waals surface area (Å²) in [7, 11) is -4.02. The zero-order valence-electron chi connectivity index (χ0n) is 7.10. The highest BCUT2D eigenvalue weighted by molar-refractivity contribution is 7.85. The molecule has 0 atom stereocenters. The van der Waals surface area contributed by atoms with Gasteiger partial charge in [-0.1, -0.05) is 0 Å². The first-order chi connectivity index (χ1) is 5.88. The molecular formula is C6H10N2O4S. The summed E-state index contributed by atoms with van der Waals surface area (Å²) >= 11 is 0. The standard InChI is InChI=1S/C6H10N2O4S/c1-5-4-6(9)8(7-5)2-3-13(10,11)12/h2-4H2,1H3,(H,10,11,12). The molecule has 13 heavy (non-hydrogen) atoms. The second-order valence-electron chi connectivity index (χ2n) is 2.81. The lowest BCUT2D eigenvalue weighted by Crippen LogP contribution is -2.26. The van der Waals surface area contributed by atoms with Gasteiger partial charge in [0.2, 0.25) is 5.91 Å². The molecule has 0 aromatic heterocycles. The molecule has 1 rings (SSSR count). The normalized spacial score (nSPS) is 17.8. The molecule has 7 heteroatoms. The third-order valence-corrected chi connectivity index (χ3v) is 2.25. The first kappa shape index (κ1) is 10.1. The van der Waals surface area contributed by atoms with Crippen LogP contribution in [0.4, 0.5) is 0 Å². The number of hydrazone groups is 1. The van der Waals surface area contributed by atoms with Gasteiger partial charge >= 0.3 is 0 Å². The van der Waals surface area contributed by atoms with Gasteiger partial charge in [-0.25, -0.2) is 5.01 Å². The number of hydrogen-bond donors (Lipinski definition) is 1. The predicted molar refractivity (Wildman–Crippen MR) is 45.9 cm³/mol. The zero-order valence-corrected chi connectivity index (χ0v) is 7.91. The maximum atomic E-state index is 11.0. The summed E-state index contributed by atoms with van der Waals surface area (Å²) < 4.78 is 29.1. The minimum Gasteiger partial charge on any atom is -0.285 e. The van der Waals surface area contributed by atoms with E-state index in [2.05, 4.69) is 5.10 Å². The molecule has 0 aromatic rings. The lowest BCUT2D eigenvalue weighted by molar-refractivity contribution is -0.128. The first-order valence-electron chi connectivity index (χ1n) is 3.68. The van der Waals surface area contributed by atoms with Crippen molar-refractivity contribution >= 4 is 21.7 Å². The molecule has 0 saturated carbocycles. The second-order valence-corrected chi connectivity index (χ2v) is 4.39. The summed E-state index contributed by atoms with van der Waals surface area (Å²) in [5.74, 6) is -0.712. The van der Waals surface area contributed by atoms with Crippen LogP contribution in [0, 0.1) is 0 Å². The average Bonchev–Trinajstić information content (AvgIpc) is 2.24. The Kier molecular flexibility index (Phi) is 2.67. The Balaban J connectivity index is 2.52. The molecule has 0 fully saturated rings. The summed E-state index contributed by atoms with van der Waals surface area (Å²) in [5, 5.41) is 4.86. The van der Waals surface area contributed by atoms with Crippen LogP contribution in [0.25, 0.3) is 0 Å². The molecule has 0 aliphatic carbocycles. The summed E-state index contributed by atoms with van der Waals surface area (Å²) in [6, 6.07) is 0. The summed E-state index contributed by atoms with van der Waals surface area (Å²) in [4.78, 5) is 11.0. The molecule has 0 bridgehead atoms. The van der Waals surface area contributed by atoms with Gasteiger partial charge in [0.05, 0.1) is 18.7 Å². The van der Waals surface area contributed by atoms with E-state index in [1.165, 1.54) is 0 Å². The van der Waals surface area contributed by atoms with Crippen molar-refractivity contribution in [1.82, 2.24) is 5.01 Å². The Labute approximate surface area is 76.0 Å². The van der Waals surface area contributed by atoms with E-state index in [4.69, 9.17) is 4.55 Å². The van der Waals surface area contributed by atoms with Crippen LogP contribution < -0.4 is 0 Å². The topological polar surface area (TPSA) is 87.0 Å². The molecule has 0 aromatic carbocycles. The Morgan fingerprint density at radius 1 is 1.62 bits per heavy atom. The second kappa shape index (κ2) is 3.43. The van der Waals surface area contributed by atoms with E-state index in [0.717, 1.165) is 5.01 Å². The van der Waals surface area contributed by atoms with Gasteiger partial charge in [0, 0.05) is 5.71 Å². The highest BCUT2D eigenvalue weighted by Crippen LogP contribution is 2.07. The van der Waals surface area contributed by atoms with Crippen molar-refractivity contribution in [2.75, 3.05) is 12.3 Å². The van der Waals surface area contributed by atoms with Crippen molar-refractivity contribution in [3.05, 3.63) is 0 Å². The number of amides is 1. The molecule has 1 heterocycles. The number of rotatable bonds is 3. The summed E-state index contributed by atoms with van der Waals surface area (Å²) in [5.41, 5.74) is 0.653. The monoisotopic (exact) mass is 206 g/mol. The van der Waals surface area contributed by atoms with Crippen molar-refractivity contribution in [3.63, 3.8) is 0 Å². The average molecular weight is 206 g/mol. The van der Waals surface area contributed by atoms with Crippen molar-refractivity contribution in [2.24, 2.45) is 5.10 Å². The number of nitrogens with zero attached hydrogens (tertiary/aromatic N) is 2. The van der Waals surface area contributed by atoms with Crippen molar-refractivity contribution in [3.8, 4) is 0 Å². The molecule has 1 amide bonds. The van der Waals surface area contributed by atoms with E-state index in [-0.39, 0.29) is 18.9 Å². The molecule has 0 saturated heterocycles. The van der Waals surface area contributed by atoms with Crippen LogP contribution in [-0.2, 0) is 14.9 Å². The zero-order chi connectivity index (χ0) is 10.1. The molecular weight excluding hydrogens is 196 g/mol. The van der Waals surface area contributed by atoms with Crippen LogP contribution in [0.1, 0.15) is 13.3 Å². The quantitative estimate of drug-likeness (QED) is 0.629. The number of hydrogen-bond acceptors (Lipinski definition) is 4. The van der Waals surface area contributed by atoms with Gasteiger partial charge in [0.15, 0.2) is 0 Å². The third-order valence-electron chi connectivity index (χ3n) is 1.55. The van der Waals surface area contributed by atoms with E-state index in [0.29, 0.717) is 5.71 Å². The SMILES string of the molecule is CC1=NN(CCS(=O)(=O)O)C(=O)C1.